The highest BCUT2D eigenvalue weighted by atomic mass is 32.1. The molecule has 4 heteroatoms. The molecule has 0 saturated heterocycles. The van der Waals surface area contributed by atoms with E-state index in [1.165, 1.54) is 64.2 Å². The number of aromatic nitrogens is 3. The first-order valence-electron chi connectivity index (χ1n) is 18.2. The summed E-state index contributed by atoms with van der Waals surface area (Å²) in [6, 6.07) is 59.1. The van der Waals surface area contributed by atoms with E-state index in [0.717, 1.165) is 39.6 Å². The summed E-state index contributed by atoms with van der Waals surface area (Å²) in [6.45, 7) is 4.73. The zero-order valence-electron chi connectivity index (χ0n) is 29.3. The third-order valence-electron chi connectivity index (χ3n) is 11.2. The lowest BCUT2D eigenvalue weighted by Crippen LogP contribution is -2.14. The Labute approximate surface area is 311 Å². The van der Waals surface area contributed by atoms with Crippen LogP contribution in [0.25, 0.3) is 92.7 Å². The molecule has 0 fully saturated rings. The van der Waals surface area contributed by atoms with Crippen molar-refractivity contribution in [3.05, 3.63) is 175 Å². The van der Waals surface area contributed by atoms with Crippen molar-refractivity contribution in [2.75, 3.05) is 0 Å². The van der Waals surface area contributed by atoms with Crippen LogP contribution in [0.15, 0.2) is 164 Å². The minimum atomic E-state index is -0.0955. The lowest BCUT2D eigenvalue weighted by atomic mass is 9.82. The van der Waals surface area contributed by atoms with Gasteiger partial charge in [-0.25, -0.2) is 9.97 Å². The summed E-state index contributed by atoms with van der Waals surface area (Å²) in [5.74, 6) is 0.721. The Balaban J connectivity index is 1.13. The lowest BCUT2D eigenvalue weighted by Gasteiger charge is -2.21. The van der Waals surface area contributed by atoms with Crippen molar-refractivity contribution in [2.45, 2.75) is 19.3 Å². The molecule has 11 rings (SSSR count). The molecular weight excluding hydrogens is 663 g/mol. The molecule has 1 aliphatic carbocycles. The molecule has 0 amide bonds. The molecule has 3 nitrogen and oxygen atoms in total. The van der Waals surface area contributed by atoms with Crippen LogP contribution in [-0.4, -0.2) is 14.5 Å². The van der Waals surface area contributed by atoms with Gasteiger partial charge in [-0.2, -0.15) is 0 Å². The van der Waals surface area contributed by atoms with Gasteiger partial charge in [-0.3, -0.25) is 0 Å². The maximum Gasteiger partial charge on any atom is 0.160 e. The van der Waals surface area contributed by atoms with Crippen molar-refractivity contribution in [1.29, 1.82) is 0 Å². The highest BCUT2D eigenvalue weighted by molar-refractivity contribution is 7.25. The number of hydrogen-bond donors (Lipinski definition) is 0. The summed E-state index contributed by atoms with van der Waals surface area (Å²) in [5.41, 5.74) is 13.9. The first-order chi connectivity index (χ1) is 26.0. The van der Waals surface area contributed by atoms with E-state index in [9.17, 15) is 0 Å². The summed E-state index contributed by atoms with van der Waals surface area (Å²) in [7, 11) is 0. The maximum atomic E-state index is 5.11. The van der Waals surface area contributed by atoms with Crippen molar-refractivity contribution >= 4 is 53.3 Å². The van der Waals surface area contributed by atoms with Gasteiger partial charge in [-0.05, 0) is 70.8 Å². The van der Waals surface area contributed by atoms with Crippen LogP contribution in [0.3, 0.4) is 0 Å². The first kappa shape index (κ1) is 30.3. The normalized spacial score (nSPS) is 13.2. The van der Waals surface area contributed by atoms with Crippen molar-refractivity contribution in [3.8, 4) is 50.7 Å². The molecule has 3 aromatic heterocycles. The summed E-state index contributed by atoms with van der Waals surface area (Å²) >= 11 is 1.87. The Morgan fingerprint density at radius 2 is 1.08 bits per heavy atom. The second-order valence-electron chi connectivity index (χ2n) is 14.6. The molecule has 7 aromatic carbocycles. The van der Waals surface area contributed by atoms with Gasteiger partial charge in [0.05, 0.1) is 22.4 Å². The molecule has 0 radical (unpaired) electrons. The topological polar surface area (TPSA) is 30.7 Å². The smallest absolute Gasteiger partial charge is 0.160 e. The van der Waals surface area contributed by atoms with E-state index in [1.54, 1.807) is 0 Å². The Morgan fingerprint density at radius 1 is 0.453 bits per heavy atom. The average Bonchev–Trinajstić information content (AvgIpc) is 3.81. The van der Waals surface area contributed by atoms with Crippen LogP contribution in [0, 0.1) is 0 Å². The molecule has 0 saturated carbocycles. The van der Waals surface area contributed by atoms with E-state index < -0.39 is 0 Å². The summed E-state index contributed by atoms with van der Waals surface area (Å²) in [5, 5.41) is 5.20. The van der Waals surface area contributed by atoms with Crippen LogP contribution in [-0.2, 0) is 5.41 Å². The van der Waals surface area contributed by atoms with Gasteiger partial charge in [-0.1, -0.05) is 129 Å². The molecular formula is C49H33N3S. The van der Waals surface area contributed by atoms with Crippen LogP contribution in [0.4, 0.5) is 0 Å². The minimum absolute atomic E-state index is 0.0955. The van der Waals surface area contributed by atoms with E-state index in [-0.39, 0.29) is 5.41 Å². The maximum absolute atomic E-state index is 5.11. The fraction of sp³-hybridized carbons (Fsp3) is 0.0612. The summed E-state index contributed by atoms with van der Waals surface area (Å²) in [6.07, 6.45) is 0. The number of thiophene rings is 1. The molecule has 0 N–H and O–H groups in total. The number of hydrogen-bond acceptors (Lipinski definition) is 3. The monoisotopic (exact) mass is 695 g/mol. The van der Waals surface area contributed by atoms with Gasteiger partial charge >= 0.3 is 0 Å². The first-order valence-corrected chi connectivity index (χ1v) is 19.0. The number of rotatable bonds is 4. The van der Waals surface area contributed by atoms with Gasteiger partial charge in [0.1, 0.15) is 0 Å². The number of fused-ring (bicyclic) bond motifs is 9. The van der Waals surface area contributed by atoms with Crippen LogP contribution in [0.5, 0.6) is 0 Å². The zero-order chi connectivity index (χ0) is 35.3. The zero-order valence-corrected chi connectivity index (χ0v) is 30.2. The van der Waals surface area contributed by atoms with Gasteiger partial charge in [0, 0.05) is 58.7 Å². The van der Waals surface area contributed by atoms with Gasteiger partial charge in [0.2, 0.25) is 0 Å². The van der Waals surface area contributed by atoms with Gasteiger partial charge in [-0.15, -0.1) is 11.3 Å². The molecule has 0 unspecified atom stereocenters. The average molecular weight is 696 g/mol. The fourth-order valence-corrected chi connectivity index (χ4v) is 9.68. The third-order valence-corrected chi connectivity index (χ3v) is 12.3. The molecule has 0 aliphatic heterocycles. The molecule has 250 valence electrons. The molecule has 53 heavy (non-hydrogen) atoms. The van der Waals surface area contributed by atoms with Gasteiger partial charge in [0.15, 0.2) is 5.82 Å². The van der Waals surface area contributed by atoms with E-state index >= 15 is 0 Å². The van der Waals surface area contributed by atoms with E-state index in [2.05, 4.69) is 158 Å². The Bertz CT molecular complexity index is 3000. The highest BCUT2D eigenvalue weighted by Gasteiger charge is 2.36. The molecule has 1 aliphatic rings. The standard InChI is InChI=1S/C49H33N3S/c1-49(2)40-19-11-9-17-34(40)36-25-37-38-26-39-35-18-10-12-20-46(35)53-47(39)29-45(38)52(44(37)27-41(36)49)33-23-21-31(22-24-33)43-28-42(30-13-5-3-6-14-30)50-48(51-43)32-15-7-4-8-16-32/h3-29H,1-2H3. The van der Waals surface area contributed by atoms with Gasteiger partial charge < -0.3 is 4.57 Å². The SMILES string of the molecule is CC1(C)c2ccccc2-c2cc3c4cc5c(cc4n(-c4ccc(-c6cc(-c7ccccc7)nc(-c7ccccc7)n6)cc4)c3cc21)sc1ccccc15. The fourth-order valence-electron chi connectivity index (χ4n) is 8.56. The lowest BCUT2D eigenvalue weighted by molar-refractivity contribution is 0.661. The predicted molar refractivity (Wildman–Crippen MR) is 223 cm³/mol. The van der Waals surface area contributed by atoms with Crippen molar-refractivity contribution < 1.29 is 0 Å². The Morgan fingerprint density at radius 3 is 1.85 bits per heavy atom. The number of nitrogens with zero attached hydrogens (tertiary/aromatic N) is 3. The second kappa shape index (κ2) is 11.3. The van der Waals surface area contributed by atoms with Crippen LogP contribution in [0.1, 0.15) is 25.0 Å². The number of benzene rings is 7. The summed E-state index contributed by atoms with van der Waals surface area (Å²) < 4.78 is 5.10. The van der Waals surface area contributed by atoms with E-state index in [0.29, 0.717) is 0 Å². The Hall–Kier alpha value is -6.36. The third kappa shape index (κ3) is 4.59. The van der Waals surface area contributed by atoms with Crippen molar-refractivity contribution in [2.24, 2.45) is 0 Å². The summed E-state index contributed by atoms with van der Waals surface area (Å²) in [4.78, 5) is 10.1. The predicted octanol–water partition coefficient (Wildman–Crippen LogP) is 13.2. The molecule has 0 atom stereocenters. The Kier molecular flexibility index (Phi) is 6.47. The van der Waals surface area contributed by atoms with Crippen LogP contribution >= 0.6 is 11.3 Å². The van der Waals surface area contributed by atoms with Crippen LogP contribution in [0.2, 0.25) is 0 Å². The minimum Gasteiger partial charge on any atom is -0.309 e. The largest absolute Gasteiger partial charge is 0.309 e. The highest BCUT2D eigenvalue weighted by Crippen LogP contribution is 2.51. The van der Waals surface area contributed by atoms with Crippen molar-refractivity contribution in [3.63, 3.8) is 0 Å². The quantitative estimate of drug-likeness (QED) is 0.183. The molecule has 3 heterocycles. The van der Waals surface area contributed by atoms with Gasteiger partial charge in [0.25, 0.3) is 0 Å². The van der Waals surface area contributed by atoms with E-state index in [4.69, 9.17) is 9.97 Å². The molecule has 0 bridgehead atoms. The second-order valence-corrected chi connectivity index (χ2v) is 15.7. The van der Waals surface area contributed by atoms with Crippen molar-refractivity contribution in [1.82, 2.24) is 14.5 Å². The van der Waals surface area contributed by atoms with E-state index in [1.807, 2.05) is 35.6 Å². The molecule has 0 spiro atoms. The molecule has 10 aromatic rings. The van der Waals surface area contributed by atoms with Crippen LogP contribution < -0.4 is 0 Å².